The lowest BCUT2D eigenvalue weighted by Gasteiger charge is -2.56. The average Bonchev–Trinajstić information content (AvgIpc) is 2.73. The largest absolute Gasteiger partial charge is 0.350 e. The molecule has 4 saturated carbocycles. The van der Waals surface area contributed by atoms with Crippen molar-refractivity contribution in [2.45, 2.75) is 49.0 Å². The molecule has 2 N–H and O–H groups in total. The third-order valence-electron chi connectivity index (χ3n) is 7.11. The third-order valence-corrected chi connectivity index (χ3v) is 8.50. The van der Waals surface area contributed by atoms with Crippen molar-refractivity contribution in [2.75, 3.05) is 11.1 Å². The first-order valence-electron chi connectivity index (χ1n) is 11.2. The summed E-state index contributed by atoms with van der Waals surface area (Å²) >= 11 is 7.40. The van der Waals surface area contributed by atoms with E-state index in [0.717, 1.165) is 48.0 Å². The van der Waals surface area contributed by atoms with E-state index < -0.39 is 5.82 Å². The number of amides is 2. The van der Waals surface area contributed by atoms with Crippen molar-refractivity contribution in [3.8, 4) is 0 Å². The molecule has 4 bridgehead atoms. The average molecular weight is 473 g/mol. The van der Waals surface area contributed by atoms with Crippen LogP contribution in [0.4, 0.5) is 10.1 Å². The van der Waals surface area contributed by atoms with Crippen LogP contribution in [0, 0.1) is 23.6 Å². The van der Waals surface area contributed by atoms with E-state index in [0.29, 0.717) is 11.3 Å². The molecule has 0 aromatic heterocycles. The van der Waals surface area contributed by atoms with Crippen molar-refractivity contribution in [3.63, 3.8) is 0 Å². The second-order valence-corrected chi connectivity index (χ2v) is 11.0. The maximum absolute atomic E-state index is 13.3. The van der Waals surface area contributed by atoms with Crippen LogP contribution in [0.1, 0.15) is 48.9 Å². The number of hydrogen-bond acceptors (Lipinski definition) is 3. The van der Waals surface area contributed by atoms with Gasteiger partial charge in [-0.15, -0.1) is 11.8 Å². The Morgan fingerprint density at radius 1 is 1.03 bits per heavy atom. The van der Waals surface area contributed by atoms with Crippen molar-refractivity contribution >= 4 is 40.9 Å². The molecule has 6 rings (SSSR count). The van der Waals surface area contributed by atoms with Crippen LogP contribution in [-0.2, 0) is 4.79 Å². The van der Waals surface area contributed by atoms with Crippen molar-refractivity contribution in [1.29, 1.82) is 0 Å². The van der Waals surface area contributed by atoms with Gasteiger partial charge in [0.1, 0.15) is 5.82 Å². The molecule has 0 heterocycles. The maximum atomic E-state index is 13.3. The predicted molar refractivity (Wildman–Crippen MR) is 126 cm³/mol. The van der Waals surface area contributed by atoms with Crippen LogP contribution >= 0.6 is 23.4 Å². The standard InChI is InChI=1S/C25H26ClFN2O2S/c26-20-10-18(27)5-6-21(20)28-24(31)19-3-1-2-4-22(19)32-14-23(30)29-25-11-15-7-16(12-25)9-17(8-15)13-25/h1-6,10,15-17H,7-9,11-14H2,(H,28,31)(H,29,30). The predicted octanol–water partition coefficient (Wildman–Crippen LogP) is 5.91. The summed E-state index contributed by atoms with van der Waals surface area (Å²) in [7, 11) is 0. The minimum Gasteiger partial charge on any atom is -0.350 e. The molecule has 0 saturated heterocycles. The summed E-state index contributed by atoms with van der Waals surface area (Å²) in [6.45, 7) is 0. The van der Waals surface area contributed by atoms with Crippen LogP contribution in [0.25, 0.3) is 0 Å². The van der Waals surface area contributed by atoms with Crippen LogP contribution < -0.4 is 10.6 Å². The molecule has 168 valence electrons. The fourth-order valence-electron chi connectivity index (χ4n) is 6.30. The van der Waals surface area contributed by atoms with Gasteiger partial charge in [0.05, 0.1) is 22.0 Å². The molecular formula is C25H26ClFN2O2S. The van der Waals surface area contributed by atoms with Crippen LogP contribution in [0.5, 0.6) is 0 Å². The number of anilines is 1. The minimum absolute atomic E-state index is 0.0113. The first kappa shape index (κ1) is 21.8. The Hall–Kier alpha value is -2.05. The van der Waals surface area contributed by atoms with E-state index in [2.05, 4.69) is 10.6 Å². The Kier molecular flexibility index (Phi) is 5.93. The zero-order valence-corrected chi connectivity index (χ0v) is 19.3. The van der Waals surface area contributed by atoms with E-state index in [1.54, 1.807) is 12.1 Å². The van der Waals surface area contributed by atoms with E-state index in [1.165, 1.54) is 43.2 Å². The Morgan fingerprint density at radius 2 is 1.69 bits per heavy atom. The summed E-state index contributed by atoms with van der Waals surface area (Å²) in [6, 6.07) is 11.0. The summed E-state index contributed by atoms with van der Waals surface area (Å²) in [4.78, 5) is 26.4. The van der Waals surface area contributed by atoms with Gasteiger partial charge in [-0.1, -0.05) is 23.7 Å². The van der Waals surface area contributed by atoms with Gasteiger partial charge in [0.25, 0.3) is 5.91 Å². The number of carbonyl (C=O) groups is 2. The summed E-state index contributed by atoms with van der Waals surface area (Å²) in [5.41, 5.74) is 0.792. The number of benzene rings is 2. The molecule has 4 aliphatic carbocycles. The second-order valence-electron chi connectivity index (χ2n) is 9.61. The second kappa shape index (κ2) is 8.71. The van der Waals surface area contributed by atoms with E-state index >= 15 is 0 Å². The highest BCUT2D eigenvalue weighted by Gasteiger charge is 2.51. The van der Waals surface area contributed by atoms with Gasteiger partial charge in [-0.25, -0.2) is 4.39 Å². The van der Waals surface area contributed by atoms with Crippen LogP contribution in [0.15, 0.2) is 47.4 Å². The van der Waals surface area contributed by atoms with E-state index in [9.17, 15) is 14.0 Å². The van der Waals surface area contributed by atoms with E-state index in [1.807, 2.05) is 12.1 Å². The lowest BCUT2D eigenvalue weighted by molar-refractivity contribution is -0.124. The lowest BCUT2D eigenvalue weighted by atomic mass is 9.53. The zero-order chi connectivity index (χ0) is 22.3. The summed E-state index contributed by atoms with van der Waals surface area (Å²) in [6.07, 6.45) is 7.37. The molecule has 0 aliphatic heterocycles. The number of hydrogen-bond donors (Lipinski definition) is 2. The zero-order valence-electron chi connectivity index (χ0n) is 17.7. The van der Waals surface area contributed by atoms with Gasteiger partial charge in [-0.3, -0.25) is 9.59 Å². The topological polar surface area (TPSA) is 58.2 Å². The van der Waals surface area contributed by atoms with Crippen molar-refractivity contribution < 1.29 is 14.0 Å². The Bertz CT molecular complexity index is 1020. The van der Waals surface area contributed by atoms with Gasteiger partial charge in [-0.05, 0) is 86.6 Å². The molecule has 0 unspecified atom stereocenters. The molecule has 4 fully saturated rings. The number of thioether (sulfide) groups is 1. The molecule has 2 amide bonds. The first-order chi connectivity index (χ1) is 15.4. The normalized spacial score (nSPS) is 27.9. The molecular weight excluding hydrogens is 447 g/mol. The summed E-state index contributed by atoms with van der Waals surface area (Å²) in [5, 5.41) is 6.25. The molecule has 0 radical (unpaired) electrons. The Morgan fingerprint density at radius 3 is 2.34 bits per heavy atom. The van der Waals surface area contributed by atoms with Gasteiger partial charge in [0, 0.05) is 10.4 Å². The fourth-order valence-corrected chi connectivity index (χ4v) is 7.36. The third kappa shape index (κ3) is 4.53. The molecule has 4 aliphatic rings. The highest BCUT2D eigenvalue weighted by atomic mass is 35.5. The summed E-state index contributed by atoms with van der Waals surface area (Å²) in [5.74, 6) is 1.82. The molecule has 0 spiro atoms. The highest BCUT2D eigenvalue weighted by Crippen LogP contribution is 2.55. The van der Waals surface area contributed by atoms with Gasteiger partial charge in [0.2, 0.25) is 5.91 Å². The lowest BCUT2D eigenvalue weighted by Crippen LogP contribution is -2.60. The monoisotopic (exact) mass is 472 g/mol. The first-order valence-corrected chi connectivity index (χ1v) is 12.5. The van der Waals surface area contributed by atoms with E-state index in [4.69, 9.17) is 11.6 Å². The van der Waals surface area contributed by atoms with Gasteiger partial charge in [-0.2, -0.15) is 0 Å². The molecule has 32 heavy (non-hydrogen) atoms. The van der Waals surface area contributed by atoms with Crippen LogP contribution in [0.3, 0.4) is 0 Å². The minimum atomic E-state index is -0.464. The van der Waals surface area contributed by atoms with Crippen molar-refractivity contribution in [3.05, 3.63) is 58.9 Å². The van der Waals surface area contributed by atoms with Crippen molar-refractivity contribution in [1.82, 2.24) is 5.32 Å². The Balaban J connectivity index is 1.23. The van der Waals surface area contributed by atoms with E-state index in [-0.39, 0.29) is 28.1 Å². The van der Waals surface area contributed by atoms with Crippen LogP contribution in [-0.4, -0.2) is 23.1 Å². The maximum Gasteiger partial charge on any atom is 0.256 e. The summed E-state index contributed by atoms with van der Waals surface area (Å²) < 4.78 is 13.3. The van der Waals surface area contributed by atoms with Crippen LogP contribution in [0.2, 0.25) is 5.02 Å². The SMILES string of the molecule is O=C(CSc1ccccc1C(=O)Nc1ccc(F)cc1Cl)NC12CC3CC(CC(C3)C1)C2. The molecule has 7 heteroatoms. The van der Waals surface area contributed by atoms with Crippen molar-refractivity contribution in [2.24, 2.45) is 17.8 Å². The number of rotatable bonds is 6. The van der Waals surface area contributed by atoms with Gasteiger partial charge in [0.15, 0.2) is 0 Å². The van der Waals surface area contributed by atoms with Gasteiger partial charge >= 0.3 is 0 Å². The van der Waals surface area contributed by atoms with Gasteiger partial charge < -0.3 is 10.6 Å². The highest BCUT2D eigenvalue weighted by molar-refractivity contribution is 8.00. The quantitative estimate of drug-likeness (QED) is 0.514. The molecule has 4 nitrogen and oxygen atoms in total. The number of halogens is 2. The number of carbonyl (C=O) groups excluding carboxylic acids is 2. The fraction of sp³-hybridized carbons (Fsp3) is 0.440. The molecule has 2 aromatic carbocycles. The smallest absolute Gasteiger partial charge is 0.256 e. The Labute approximate surface area is 196 Å². The molecule has 2 aromatic rings. The molecule has 0 atom stereocenters. The number of nitrogens with one attached hydrogen (secondary N) is 2.